The third-order valence-electron chi connectivity index (χ3n) is 5.90. The molecule has 0 aliphatic carbocycles. The van der Waals surface area contributed by atoms with Crippen LogP contribution in [0, 0.1) is 5.82 Å². The summed E-state index contributed by atoms with van der Waals surface area (Å²) < 4.78 is 13.0. The Balaban J connectivity index is 1.22. The van der Waals surface area contributed by atoms with Crippen LogP contribution in [0.25, 0.3) is 0 Å². The normalized spacial score (nSPS) is 21.8. The zero-order chi connectivity index (χ0) is 21.8. The minimum atomic E-state index is -0.313. The summed E-state index contributed by atoms with van der Waals surface area (Å²) in [6.45, 7) is 1.22. The Hall–Kier alpha value is -2.48. The standard InChI is InChI=1S/C23H26ClFN4O2/c24-17-3-1-2-16(13-17)20-14-21(28-27-20)23(31)29-10-8-19(9-11-29)26-22(30)12-15-4-6-18(25)7-5-15/h1-7,13,19-21,27-28H,8-12,14H2,(H,26,30). The van der Waals surface area contributed by atoms with E-state index in [-0.39, 0.29) is 42.2 Å². The predicted octanol–water partition coefficient (Wildman–Crippen LogP) is 2.74. The zero-order valence-corrected chi connectivity index (χ0v) is 17.9. The molecule has 2 unspecified atom stereocenters. The van der Waals surface area contributed by atoms with E-state index in [0.717, 1.165) is 24.0 Å². The number of hydrogen-bond acceptors (Lipinski definition) is 4. The lowest BCUT2D eigenvalue weighted by atomic mass is 9.99. The molecule has 0 radical (unpaired) electrons. The van der Waals surface area contributed by atoms with E-state index in [1.165, 1.54) is 12.1 Å². The van der Waals surface area contributed by atoms with Crippen molar-refractivity contribution in [2.24, 2.45) is 0 Å². The Labute approximate surface area is 186 Å². The average molecular weight is 445 g/mol. The number of rotatable bonds is 5. The van der Waals surface area contributed by atoms with Crippen LogP contribution in [0.15, 0.2) is 48.5 Å². The van der Waals surface area contributed by atoms with Gasteiger partial charge in [0.05, 0.1) is 6.42 Å². The Morgan fingerprint density at radius 3 is 2.55 bits per heavy atom. The summed E-state index contributed by atoms with van der Waals surface area (Å²) in [5.74, 6) is -0.317. The van der Waals surface area contributed by atoms with Crippen molar-refractivity contribution in [3.8, 4) is 0 Å². The second-order valence-corrected chi connectivity index (χ2v) is 8.59. The van der Waals surface area contributed by atoms with Crippen LogP contribution in [0.5, 0.6) is 0 Å². The summed E-state index contributed by atoms with van der Waals surface area (Å²) in [5, 5.41) is 3.71. The highest BCUT2D eigenvalue weighted by Crippen LogP contribution is 2.26. The first kappa shape index (κ1) is 21.7. The molecule has 4 rings (SSSR count). The van der Waals surface area contributed by atoms with E-state index in [2.05, 4.69) is 16.2 Å². The topological polar surface area (TPSA) is 73.5 Å². The fourth-order valence-corrected chi connectivity index (χ4v) is 4.39. The molecule has 2 saturated heterocycles. The molecular weight excluding hydrogens is 419 g/mol. The van der Waals surface area contributed by atoms with Gasteiger partial charge in [0.15, 0.2) is 0 Å². The number of piperidine rings is 1. The smallest absolute Gasteiger partial charge is 0.241 e. The molecule has 0 spiro atoms. The largest absolute Gasteiger partial charge is 0.353 e. The van der Waals surface area contributed by atoms with Crippen molar-refractivity contribution >= 4 is 23.4 Å². The number of nitrogens with one attached hydrogen (secondary N) is 3. The van der Waals surface area contributed by atoms with E-state index in [4.69, 9.17) is 11.6 Å². The van der Waals surface area contributed by atoms with Crippen molar-refractivity contribution in [2.75, 3.05) is 13.1 Å². The molecule has 0 aromatic heterocycles. The van der Waals surface area contributed by atoms with Crippen LogP contribution in [0.4, 0.5) is 4.39 Å². The number of hydrogen-bond donors (Lipinski definition) is 3. The van der Waals surface area contributed by atoms with Crippen LogP contribution in [-0.4, -0.2) is 41.9 Å². The monoisotopic (exact) mass is 444 g/mol. The lowest BCUT2D eigenvalue weighted by Gasteiger charge is -2.33. The molecule has 0 bridgehead atoms. The quantitative estimate of drug-likeness (QED) is 0.663. The Bertz CT molecular complexity index is 931. The Morgan fingerprint density at radius 1 is 1.10 bits per heavy atom. The van der Waals surface area contributed by atoms with E-state index in [1.54, 1.807) is 12.1 Å². The van der Waals surface area contributed by atoms with Crippen molar-refractivity contribution in [1.82, 2.24) is 21.1 Å². The maximum atomic E-state index is 13.0. The highest BCUT2D eigenvalue weighted by atomic mass is 35.5. The Kier molecular flexibility index (Phi) is 6.85. The molecule has 2 aromatic rings. The molecule has 3 N–H and O–H groups in total. The third kappa shape index (κ3) is 5.61. The van der Waals surface area contributed by atoms with Crippen molar-refractivity contribution in [1.29, 1.82) is 0 Å². The van der Waals surface area contributed by atoms with Gasteiger partial charge in [0.2, 0.25) is 11.8 Å². The molecule has 2 aliphatic rings. The highest BCUT2D eigenvalue weighted by Gasteiger charge is 2.34. The molecule has 6 nitrogen and oxygen atoms in total. The summed E-state index contributed by atoms with van der Waals surface area (Å²) in [7, 11) is 0. The maximum absolute atomic E-state index is 13.0. The molecule has 8 heteroatoms. The maximum Gasteiger partial charge on any atom is 0.241 e. The first-order chi connectivity index (χ1) is 15.0. The number of carbonyl (C=O) groups is 2. The van der Waals surface area contributed by atoms with Crippen LogP contribution in [0.1, 0.15) is 36.4 Å². The fraction of sp³-hybridized carbons (Fsp3) is 0.391. The van der Waals surface area contributed by atoms with Crippen LogP contribution >= 0.6 is 11.6 Å². The van der Waals surface area contributed by atoms with Gasteiger partial charge in [0.1, 0.15) is 11.9 Å². The van der Waals surface area contributed by atoms with Crippen molar-refractivity contribution in [3.05, 3.63) is 70.5 Å². The highest BCUT2D eigenvalue weighted by molar-refractivity contribution is 6.30. The van der Waals surface area contributed by atoms with Crippen LogP contribution in [0.2, 0.25) is 5.02 Å². The minimum Gasteiger partial charge on any atom is -0.353 e. The van der Waals surface area contributed by atoms with E-state index in [9.17, 15) is 14.0 Å². The Morgan fingerprint density at radius 2 is 1.84 bits per heavy atom. The second-order valence-electron chi connectivity index (χ2n) is 8.15. The first-order valence-electron chi connectivity index (χ1n) is 10.6. The molecule has 2 amide bonds. The molecule has 2 atom stereocenters. The summed E-state index contributed by atoms with van der Waals surface area (Å²) >= 11 is 6.08. The van der Waals surface area contributed by atoms with Gasteiger partial charge in [-0.1, -0.05) is 35.9 Å². The number of amides is 2. The van der Waals surface area contributed by atoms with E-state index >= 15 is 0 Å². The van der Waals surface area contributed by atoms with Gasteiger partial charge in [-0.2, -0.15) is 0 Å². The van der Waals surface area contributed by atoms with E-state index < -0.39 is 0 Å². The van der Waals surface area contributed by atoms with Gasteiger partial charge in [-0.05, 0) is 54.7 Å². The number of hydrazine groups is 1. The number of benzene rings is 2. The second kappa shape index (κ2) is 9.77. The van der Waals surface area contributed by atoms with Crippen LogP contribution in [-0.2, 0) is 16.0 Å². The van der Waals surface area contributed by atoms with Crippen molar-refractivity contribution in [3.63, 3.8) is 0 Å². The summed E-state index contributed by atoms with van der Waals surface area (Å²) in [5.41, 5.74) is 8.14. The van der Waals surface area contributed by atoms with Gasteiger partial charge < -0.3 is 10.2 Å². The van der Waals surface area contributed by atoms with Gasteiger partial charge in [0.25, 0.3) is 0 Å². The number of halogens is 2. The van der Waals surface area contributed by atoms with Gasteiger partial charge in [0, 0.05) is 30.2 Å². The van der Waals surface area contributed by atoms with Gasteiger partial charge in [-0.25, -0.2) is 15.2 Å². The molecule has 2 fully saturated rings. The summed E-state index contributed by atoms with van der Waals surface area (Å²) in [4.78, 5) is 27.1. The average Bonchev–Trinajstić information content (AvgIpc) is 3.26. The molecule has 2 aliphatic heterocycles. The molecule has 0 saturated carbocycles. The van der Waals surface area contributed by atoms with Crippen molar-refractivity contribution < 1.29 is 14.0 Å². The summed E-state index contributed by atoms with van der Waals surface area (Å²) in [6, 6.07) is 13.4. The predicted molar refractivity (Wildman–Crippen MR) is 117 cm³/mol. The van der Waals surface area contributed by atoms with Gasteiger partial charge in [-0.15, -0.1) is 0 Å². The SMILES string of the molecule is O=C(Cc1ccc(F)cc1)NC1CCN(C(=O)C2CC(c3cccc(Cl)c3)NN2)CC1. The number of carbonyl (C=O) groups excluding carboxylic acids is 2. The molecule has 2 aromatic carbocycles. The van der Waals surface area contributed by atoms with E-state index in [0.29, 0.717) is 24.5 Å². The molecule has 164 valence electrons. The molecule has 31 heavy (non-hydrogen) atoms. The number of likely N-dealkylation sites (tertiary alicyclic amines) is 1. The third-order valence-corrected chi connectivity index (χ3v) is 6.14. The lowest BCUT2D eigenvalue weighted by molar-refractivity contribution is -0.134. The fourth-order valence-electron chi connectivity index (χ4n) is 4.19. The van der Waals surface area contributed by atoms with E-state index in [1.807, 2.05) is 29.2 Å². The van der Waals surface area contributed by atoms with Gasteiger partial charge >= 0.3 is 0 Å². The molecule has 2 heterocycles. The summed E-state index contributed by atoms with van der Waals surface area (Å²) in [6.07, 6.45) is 2.33. The first-order valence-corrected chi connectivity index (χ1v) is 10.9. The zero-order valence-electron chi connectivity index (χ0n) is 17.1. The minimum absolute atomic E-state index is 0.0379. The van der Waals surface area contributed by atoms with Gasteiger partial charge in [-0.3, -0.25) is 9.59 Å². The number of nitrogens with zero attached hydrogens (tertiary/aromatic N) is 1. The van der Waals surface area contributed by atoms with Crippen LogP contribution in [0.3, 0.4) is 0 Å². The lowest BCUT2D eigenvalue weighted by Crippen LogP contribution is -2.51. The molecular formula is C23H26ClFN4O2. The van der Waals surface area contributed by atoms with Crippen molar-refractivity contribution in [2.45, 2.75) is 43.8 Å². The van der Waals surface area contributed by atoms with Crippen LogP contribution < -0.4 is 16.2 Å².